The first-order valence-electron chi connectivity index (χ1n) is 10.2. The van der Waals surface area contributed by atoms with Gasteiger partial charge in [-0.2, -0.15) is 0 Å². The minimum Gasteiger partial charge on any atom is -0.370 e. The van der Waals surface area contributed by atoms with Crippen LogP contribution in [-0.2, 0) is 19.4 Å². The molecule has 2 aliphatic heterocycles. The lowest BCUT2D eigenvalue weighted by Gasteiger charge is -2.55. The number of hydrogen-bond donors (Lipinski definition) is 1. The molecule has 3 rings (SSSR count). The summed E-state index contributed by atoms with van der Waals surface area (Å²) in [5.41, 5.74) is -0.409. The first-order valence-corrected chi connectivity index (χ1v) is 11.9. The highest BCUT2D eigenvalue weighted by atomic mass is 32.2. The fraction of sp³-hybridized carbons (Fsp3) is 0.947. The summed E-state index contributed by atoms with van der Waals surface area (Å²) in [6.07, 6.45) is 9.09. The molecule has 3 atom stereocenters. The molecule has 1 saturated carbocycles. The maximum Gasteiger partial charge on any atom is 0.165 e. The van der Waals surface area contributed by atoms with Gasteiger partial charge in [0.05, 0.1) is 19.1 Å². The molecule has 3 fully saturated rings. The van der Waals surface area contributed by atoms with Gasteiger partial charge in [-0.05, 0) is 19.8 Å². The molecule has 6 heteroatoms. The minimum atomic E-state index is -3.06. The molecule has 0 bridgehead atoms. The van der Waals surface area contributed by atoms with Crippen LogP contribution in [-0.4, -0.2) is 57.0 Å². The minimum absolute atomic E-state index is 0.171. The molecule has 0 aromatic carbocycles. The summed E-state index contributed by atoms with van der Waals surface area (Å²) in [4.78, 5) is 14.2. The smallest absolute Gasteiger partial charge is 0.165 e. The van der Waals surface area contributed by atoms with Crippen molar-refractivity contribution < 1.29 is 22.8 Å². The molecule has 25 heavy (non-hydrogen) atoms. The molecule has 0 spiro atoms. The van der Waals surface area contributed by atoms with E-state index in [1.54, 1.807) is 0 Å². The lowest BCUT2D eigenvalue weighted by Crippen LogP contribution is -3.27. The monoisotopic (exact) mass is 372 g/mol. The van der Waals surface area contributed by atoms with Crippen molar-refractivity contribution in [3.05, 3.63) is 0 Å². The third kappa shape index (κ3) is 3.81. The molecule has 2 saturated heterocycles. The summed E-state index contributed by atoms with van der Waals surface area (Å²) >= 11 is 0. The van der Waals surface area contributed by atoms with Gasteiger partial charge in [0.25, 0.3) is 0 Å². The first kappa shape index (κ1) is 19.3. The van der Waals surface area contributed by atoms with Crippen LogP contribution in [0.15, 0.2) is 0 Å². The molecule has 0 unspecified atom stereocenters. The zero-order chi connectivity index (χ0) is 17.9. The average Bonchev–Trinajstić information content (AvgIpc) is 2.61. The molecule has 1 aliphatic carbocycles. The molecule has 2 heterocycles. The van der Waals surface area contributed by atoms with Gasteiger partial charge >= 0.3 is 0 Å². The van der Waals surface area contributed by atoms with Crippen LogP contribution in [0.1, 0.15) is 64.7 Å². The van der Waals surface area contributed by atoms with E-state index in [1.807, 2.05) is 6.92 Å². The van der Waals surface area contributed by atoms with Crippen LogP contribution in [0.4, 0.5) is 0 Å². The van der Waals surface area contributed by atoms with Crippen molar-refractivity contribution in [2.45, 2.75) is 75.5 Å². The number of ether oxygens (including phenoxy) is 1. The topological polar surface area (TPSA) is 64.9 Å². The second-order valence-corrected chi connectivity index (χ2v) is 10.4. The van der Waals surface area contributed by atoms with E-state index in [0.717, 1.165) is 45.2 Å². The molecule has 3 aliphatic rings. The lowest BCUT2D eigenvalue weighted by molar-refractivity contribution is -0.961. The molecule has 0 amide bonds. The molecule has 144 valence electrons. The normalized spacial score (nSPS) is 38.5. The Morgan fingerprint density at radius 2 is 1.60 bits per heavy atom. The fourth-order valence-corrected chi connectivity index (χ4v) is 8.17. The van der Waals surface area contributed by atoms with Crippen LogP contribution >= 0.6 is 0 Å². The number of morpholine rings is 1. The summed E-state index contributed by atoms with van der Waals surface area (Å²) in [6.45, 7) is 4.99. The Kier molecular flexibility index (Phi) is 6.22. The Balaban J connectivity index is 1.89. The average molecular weight is 373 g/mol. The Morgan fingerprint density at radius 3 is 2.24 bits per heavy atom. The van der Waals surface area contributed by atoms with Gasteiger partial charge in [-0.25, -0.2) is 8.42 Å². The summed E-state index contributed by atoms with van der Waals surface area (Å²) in [5.74, 6) is 0.292. The van der Waals surface area contributed by atoms with Gasteiger partial charge in [-0.1, -0.05) is 38.5 Å². The van der Waals surface area contributed by atoms with Crippen LogP contribution < -0.4 is 4.90 Å². The van der Waals surface area contributed by atoms with E-state index < -0.39 is 15.4 Å². The predicted molar refractivity (Wildman–Crippen MR) is 97.5 cm³/mol. The van der Waals surface area contributed by atoms with Crippen molar-refractivity contribution in [3.63, 3.8) is 0 Å². The Hall–Kier alpha value is -0.460. The summed E-state index contributed by atoms with van der Waals surface area (Å²) < 4.78 is 30.9. The lowest BCUT2D eigenvalue weighted by atomic mass is 9.75. The summed E-state index contributed by atoms with van der Waals surface area (Å²) in [6, 6.07) is 0. The molecular formula is C19H34NO4S+. The van der Waals surface area contributed by atoms with Gasteiger partial charge in [0.15, 0.2) is 9.84 Å². The molecular weight excluding hydrogens is 338 g/mol. The highest BCUT2D eigenvalue weighted by Crippen LogP contribution is 2.40. The Bertz CT molecular complexity index is 570. The van der Waals surface area contributed by atoms with E-state index in [2.05, 4.69) is 0 Å². The molecule has 0 aromatic heterocycles. The van der Waals surface area contributed by atoms with Gasteiger partial charge in [0, 0.05) is 6.42 Å². The van der Waals surface area contributed by atoms with Gasteiger partial charge in [0.1, 0.15) is 35.4 Å². The van der Waals surface area contributed by atoms with Crippen LogP contribution in [0.5, 0.6) is 0 Å². The van der Waals surface area contributed by atoms with Crippen molar-refractivity contribution in [3.8, 4) is 0 Å². The zero-order valence-electron chi connectivity index (χ0n) is 15.6. The van der Waals surface area contributed by atoms with Gasteiger partial charge < -0.3 is 9.64 Å². The quantitative estimate of drug-likeness (QED) is 0.750. The van der Waals surface area contributed by atoms with Crippen LogP contribution in [0.3, 0.4) is 0 Å². The number of fused-ring (bicyclic) bond motifs is 1. The number of carbonyl (C=O) groups excluding carboxylic acids is 1. The van der Waals surface area contributed by atoms with Gasteiger partial charge in [-0.15, -0.1) is 0 Å². The number of ketones is 1. The maximum absolute atomic E-state index is 12.9. The number of rotatable bonds is 1. The second-order valence-electron chi connectivity index (χ2n) is 8.25. The van der Waals surface area contributed by atoms with E-state index in [1.165, 1.54) is 24.2 Å². The van der Waals surface area contributed by atoms with Crippen LogP contribution in [0.2, 0.25) is 0 Å². The number of nitrogens with one attached hydrogen (secondary N) is 1. The number of hydrogen-bond acceptors (Lipinski definition) is 4. The molecule has 1 N–H and O–H groups in total. The van der Waals surface area contributed by atoms with E-state index >= 15 is 0 Å². The SMILES string of the molecule is C[C@@H]1C(=O)CCCCCCCCC[C@@H]2[C@]1([NH+]1CCOCC1)CS2(=O)=O. The van der Waals surface area contributed by atoms with Crippen molar-refractivity contribution >= 4 is 15.6 Å². The number of sulfone groups is 1. The molecule has 5 nitrogen and oxygen atoms in total. The van der Waals surface area contributed by atoms with Crippen molar-refractivity contribution in [1.29, 1.82) is 0 Å². The maximum atomic E-state index is 12.9. The van der Waals surface area contributed by atoms with Crippen molar-refractivity contribution in [2.75, 3.05) is 32.1 Å². The van der Waals surface area contributed by atoms with Crippen LogP contribution in [0.25, 0.3) is 0 Å². The molecule has 0 radical (unpaired) electrons. The predicted octanol–water partition coefficient (Wildman–Crippen LogP) is 1.17. The van der Waals surface area contributed by atoms with Gasteiger partial charge in [0.2, 0.25) is 0 Å². The van der Waals surface area contributed by atoms with Crippen LogP contribution in [0, 0.1) is 5.92 Å². The second kappa shape index (κ2) is 8.05. The number of carbonyl (C=O) groups is 1. The largest absolute Gasteiger partial charge is 0.370 e. The Morgan fingerprint density at radius 1 is 1.00 bits per heavy atom. The highest BCUT2D eigenvalue weighted by Gasteiger charge is 2.68. The summed E-state index contributed by atoms with van der Waals surface area (Å²) in [7, 11) is -3.06. The number of Topliss-reactive ketones (excluding diaryl/α,β-unsaturated/α-hetero) is 1. The zero-order valence-corrected chi connectivity index (χ0v) is 16.4. The fourth-order valence-electron chi connectivity index (χ4n) is 5.32. The first-order chi connectivity index (χ1) is 12.0. The van der Waals surface area contributed by atoms with E-state index in [0.29, 0.717) is 19.6 Å². The highest BCUT2D eigenvalue weighted by molar-refractivity contribution is 7.93. The third-order valence-electron chi connectivity index (χ3n) is 6.85. The van der Waals surface area contributed by atoms with Crippen molar-refractivity contribution in [2.24, 2.45) is 5.92 Å². The van der Waals surface area contributed by atoms with E-state index in [9.17, 15) is 13.2 Å². The van der Waals surface area contributed by atoms with Gasteiger partial charge in [-0.3, -0.25) is 4.79 Å². The van der Waals surface area contributed by atoms with E-state index in [4.69, 9.17) is 4.74 Å². The van der Waals surface area contributed by atoms with E-state index in [-0.39, 0.29) is 22.7 Å². The summed E-state index contributed by atoms with van der Waals surface area (Å²) in [5, 5.41) is -0.340. The molecule has 0 aromatic rings. The van der Waals surface area contributed by atoms with Crippen molar-refractivity contribution in [1.82, 2.24) is 0 Å². The third-order valence-corrected chi connectivity index (χ3v) is 9.25. The Labute approximate surface area is 152 Å². The number of quaternary nitrogens is 1. The standard InChI is InChI=1S/C19H33NO4S/c1-16-17(21)9-7-5-3-2-4-6-8-10-18-19(16,15-25(18,22)23)20-11-13-24-14-12-20/h16,18H,2-15H2,1H3/p+1/t16-,18-,19+/m1/s1.